The molecule has 0 atom stereocenters. The van der Waals surface area contributed by atoms with Gasteiger partial charge in [0.05, 0.1) is 12.1 Å². The molecule has 26 heavy (non-hydrogen) atoms. The van der Waals surface area contributed by atoms with Gasteiger partial charge in [0.2, 0.25) is 0 Å². The zero-order valence-electron chi connectivity index (χ0n) is 14.3. The summed E-state index contributed by atoms with van der Waals surface area (Å²) in [5, 5.41) is 6.25. The minimum absolute atomic E-state index is 0. The summed E-state index contributed by atoms with van der Waals surface area (Å²) < 4.78 is 44.9. The molecule has 2 rings (SSSR count). The van der Waals surface area contributed by atoms with Crippen molar-refractivity contribution in [2.24, 2.45) is 4.99 Å². The molecule has 0 aliphatic heterocycles. The smallest absolute Gasteiger partial charge is 0.416 e. The van der Waals surface area contributed by atoms with Gasteiger partial charge in [0.1, 0.15) is 12.4 Å². The Balaban J connectivity index is 0.00000338. The minimum atomic E-state index is -4.33. The Morgan fingerprint density at radius 3 is 2.27 bits per heavy atom. The standard InChI is InChI=1S/C17H21F3N4O.HI/c1-21-16(22-8-12-24-10-2-3-11-24)23-9-13-25-15-6-4-14(5-7-15)17(18,19)20;/h2-7,10-11H,8-9,12-13H2,1H3,(H2,21,22,23);1H. The Labute approximate surface area is 167 Å². The molecule has 0 bridgehead atoms. The summed E-state index contributed by atoms with van der Waals surface area (Å²) in [6.45, 7) is 2.32. The second-order valence-electron chi connectivity index (χ2n) is 5.22. The summed E-state index contributed by atoms with van der Waals surface area (Å²) in [4.78, 5) is 4.09. The summed E-state index contributed by atoms with van der Waals surface area (Å²) in [6, 6.07) is 8.56. The first-order valence-electron chi connectivity index (χ1n) is 7.84. The first-order valence-corrected chi connectivity index (χ1v) is 7.84. The lowest BCUT2D eigenvalue weighted by molar-refractivity contribution is -0.137. The number of aliphatic imine (C=N–C) groups is 1. The van der Waals surface area contributed by atoms with E-state index in [-0.39, 0.29) is 24.0 Å². The average Bonchev–Trinajstić information content (AvgIpc) is 3.10. The van der Waals surface area contributed by atoms with E-state index >= 15 is 0 Å². The normalized spacial score (nSPS) is 11.6. The molecule has 0 saturated heterocycles. The molecule has 1 aromatic heterocycles. The zero-order valence-corrected chi connectivity index (χ0v) is 16.6. The first-order chi connectivity index (χ1) is 12.0. The van der Waals surface area contributed by atoms with Gasteiger partial charge in [-0.1, -0.05) is 0 Å². The maximum Gasteiger partial charge on any atom is 0.416 e. The molecule has 0 saturated carbocycles. The maximum absolute atomic E-state index is 12.5. The molecule has 144 valence electrons. The van der Waals surface area contributed by atoms with E-state index in [4.69, 9.17) is 4.74 Å². The predicted octanol–water partition coefficient (Wildman–Crippen LogP) is 3.37. The summed E-state index contributed by atoms with van der Waals surface area (Å²) >= 11 is 0. The van der Waals surface area contributed by atoms with E-state index in [1.807, 2.05) is 29.1 Å². The fraction of sp³-hybridized carbons (Fsp3) is 0.353. The topological polar surface area (TPSA) is 50.6 Å². The molecule has 2 N–H and O–H groups in total. The Bertz CT molecular complexity index is 658. The summed E-state index contributed by atoms with van der Waals surface area (Å²) in [6.07, 6.45) is -0.371. The van der Waals surface area contributed by atoms with Crippen LogP contribution >= 0.6 is 24.0 Å². The molecular weight excluding hydrogens is 460 g/mol. The molecule has 1 heterocycles. The van der Waals surface area contributed by atoms with Crippen LogP contribution in [0.4, 0.5) is 13.2 Å². The molecule has 0 fully saturated rings. The Morgan fingerprint density at radius 2 is 1.69 bits per heavy atom. The van der Waals surface area contributed by atoms with Crippen LogP contribution in [0.15, 0.2) is 53.8 Å². The van der Waals surface area contributed by atoms with E-state index in [2.05, 4.69) is 15.6 Å². The molecule has 1 aromatic carbocycles. The third-order valence-corrected chi connectivity index (χ3v) is 3.40. The number of ether oxygens (including phenoxy) is 1. The zero-order chi connectivity index (χ0) is 18.1. The van der Waals surface area contributed by atoms with Crippen molar-refractivity contribution < 1.29 is 17.9 Å². The van der Waals surface area contributed by atoms with Crippen LogP contribution in [0.3, 0.4) is 0 Å². The van der Waals surface area contributed by atoms with Gasteiger partial charge in [0.15, 0.2) is 5.96 Å². The Hall–Kier alpha value is -1.91. The van der Waals surface area contributed by atoms with Crippen LogP contribution in [0.5, 0.6) is 5.75 Å². The van der Waals surface area contributed by atoms with Crippen LogP contribution in [0.25, 0.3) is 0 Å². The van der Waals surface area contributed by atoms with Crippen LogP contribution in [0.1, 0.15) is 5.56 Å². The number of hydrogen-bond acceptors (Lipinski definition) is 2. The monoisotopic (exact) mass is 482 g/mol. The molecule has 9 heteroatoms. The quantitative estimate of drug-likeness (QED) is 0.276. The highest BCUT2D eigenvalue weighted by molar-refractivity contribution is 14.0. The fourth-order valence-electron chi connectivity index (χ4n) is 2.12. The van der Waals surface area contributed by atoms with Crippen molar-refractivity contribution in [1.29, 1.82) is 0 Å². The average molecular weight is 482 g/mol. The number of halogens is 4. The summed E-state index contributed by atoms with van der Waals surface area (Å²) in [5.74, 6) is 1.04. The van der Waals surface area contributed by atoms with Gasteiger partial charge in [0, 0.05) is 32.5 Å². The fourth-order valence-corrected chi connectivity index (χ4v) is 2.12. The van der Waals surface area contributed by atoms with Crippen LogP contribution in [0, 0.1) is 0 Å². The van der Waals surface area contributed by atoms with Gasteiger partial charge in [-0.25, -0.2) is 0 Å². The number of rotatable bonds is 7. The first kappa shape index (κ1) is 22.1. The van der Waals surface area contributed by atoms with Crippen molar-refractivity contribution >= 4 is 29.9 Å². The second-order valence-corrected chi connectivity index (χ2v) is 5.22. The molecule has 0 aliphatic rings. The summed E-state index contributed by atoms with van der Waals surface area (Å²) in [5.41, 5.74) is -0.690. The lowest BCUT2D eigenvalue weighted by Crippen LogP contribution is -2.40. The van der Waals surface area contributed by atoms with Gasteiger partial charge >= 0.3 is 6.18 Å². The van der Waals surface area contributed by atoms with Gasteiger partial charge in [-0.2, -0.15) is 13.2 Å². The number of benzene rings is 1. The van der Waals surface area contributed by atoms with Crippen molar-refractivity contribution in [1.82, 2.24) is 15.2 Å². The third-order valence-electron chi connectivity index (χ3n) is 3.40. The van der Waals surface area contributed by atoms with Crippen LogP contribution in [0.2, 0.25) is 0 Å². The van der Waals surface area contributed by atoms with Crippen LogP contribution in [-0.2, 0) is 12.7 Å². The van der Waals surface area contributed by atoms with E-state index in [9.17, 15) is 13.2 Å². The van der Waals surface area contributed by atoms with Gasteiger partial charge in [-0.15, -0.1) is 24.0 Å². The van der Waals surface area contributed by atoms with Crippen LogP contribution in [-0.4, -0.2) is 37.3 Å². The van der Waals surface area contributed by atoms with Crippen molar-refractivity contribution in [3.8, 4) is 5.75 Å². The van der Waals surface area contributed by atoms with E-state index in [1.54, 1.807) is 7.05 Å². The maximum atomic E-state index is 12.5. The minimum Gasteiger partial charge on any atom is -0.492 e. The molecule has 0 aliphatic carbocycles. The number of guanidine groups is 1. The number of nitrogens with one attached hydrogen (secondary N) is 2. The second kappa shape index (κ2) is 10.9. The van der Waals surface area contributed by atoms with Crippen molar-refractivity contribution in [2.45, 2.75) is 12.7 Å². The van der Waals surface area contributed by atoms with E-state index < -0.39 is 11.7 Å². The van der Waals surface area contributed by atoms with Gasteiger partial charge in [-0.05, 0) is 36.4 Å². The Morgan fingerprint density at radius 1 is 1.08 bits per heavy atom. The molecule has 2 aromatic rings. The largest absolute Gasteiger partial charge is 0.492 e. The van der Waals surface area contributed by atoms with Crippen molar-refractivity contribution in [2.75, 3.05) is 26.7 Å². The molecule has 0 spiro atoms. The van der Waals surface area contributed by atoms with Crippen molar-refractivity contribution in [3.05, 3.63) is 54.4 Å². The number of nitrogens with zero attached hydrogens (tertiary/aromatic N) is 2. The highest BCUT2D eigenvalue weighted by atomic mass is 127. The summed E-state index contributed by atoms with van der Waals surface area (Å²) in [7, 11) is 1.67. The van der Waals surface area contributed by atoms with Gasteiger partial charge < -0.3 is 19.9 Å². The van der Waals surface area contributed by atoms with E-state index in [0.29, 0.717) is 31.4 Å². The predicted molar refractivity (Wildman–Crippen MR) is 106 cm³/mol. The molecular formula is C17H22F3IN4O. The van der Waals surface area contributed by atoms with Crippen molar-refractivity contribution in [3.63, 3.8) is 0 Å². The lowest BCUT2D eigenvalue weighted by atomic mass is 10.2. The highest BCUT2D eigenvalue weighted by Gasteiger charge is 2.29. The Kier molecular flexibility index (Phi) is 9.31. The number of alkyl halides is 3. The SMILES string of the molecule is CN=C(NCCOc1ccc(C(F)(F)F)cc1)NCCn1cccc1.I. The van der Waals surface area contributed by atoms with E-state index in [0.717, 1.165) is 18.7 Å². The van der Waals surface area contributed by atoms with Gasteiger partial charge in [-0.3, -0.25) is 4.99 Å². The molecule has 5 nitrogen and oxygen atoms in total. The lowest BCUT2D eigenvalue weighted by Gasteiger charge is -2.13. The number of aromatic nitrogens is 1. The highest BCUT2D eigenvalue weighted by Crippen LogP contribution is 2.30. The molecule has 0 unspecified atom stereocenters. The van der Waals surface area contributed by atoms with E-state index in [1.165, 1.54) is 12.1 Å². The third kappa shape index (κ3) is 7.54. The molecule has 0 radical (unpaired) electrons. The molecule has 0 amide bonds. The number of hydrogen-bond donors (Lipinski definition) is 2. The van der Waals surface area contributed by atoms with Gasteiger partial charge in [0.25, 0.3) is 0 Å². The van der Waals surface area contributed by atoms with Crippen LogP contribution < -0.4 is 15.4 Å².